The van der Waals surface area contributed by atoms with E-state index in [-0.39, 0.29) is 6.04 Å². The first-order chi connectivity index (χ1) is 9.88. The van der Waals surface area contributed by atoms with Crippen LogP contribution < -0.4 is 10.2 Å². The summed E-state index contributed by atoms with van der Waals surface area (Å²) in [5.41, 5.74) is 0.472. The molecule has 6 heteroatoms. The number of hydrogen-bond acceptors (Lipinski definition) is 3. The van der Waals surface area contributed by atoms with Crippen molar-refractivity contribution in [1.29, 1.82) is 0 Å². The number of hydrogen-bond donors (Lipinski definition) is 1. The average molecular weight is 318 g/mol. The van der Waals surface area contributed by atoms with E-state index in [0.717, 1.165) is 11.5 Å². The van der Waals surface area contributed by atoms with Crippen LogP contribution in [-0.4, -0.2) is 30.6 Å². The van der Waals surface area contributed by atoms with Gasteiger partial charge in [0.05, 0.1) is 5.56 Å². The molecule has 0 saturated carbocycles. The Kier molecular flexibility index (Phi) is 5.43. The van der Waals surface area contributed by atoms with Crippen LogP contribution in [0.25, 0.3) is 0 Å². The predicted molar refractivity (Wildman–Crippen MR) is 83.0 cm³/mol. The van der Waals surface area contributed by atoms with E-state index >= 15 is 0 Å². The first-order valence-electron chi connectivity index (χ1n) is 7.14. The maximum absolute atomic E-state index is 13.3. The Hall–Kier alpha value is -0.880. The second kappa shape index (κ2) is 6.92. The van der Waals surface area contributed by atoms with Gasteiger partial charge in [0.2, 0.25) is 0 Å². The highest BCUT2D eigenvalue weighted by molar-refractivity contribution is 7.99. The molecular formula is C15H21F3N2S. The summed E-state index contributed by atoms with van der Waals surface area (Å²) in [7, 11) is 0. The monoisotopic (exact) mass is 318 g/mol. The number of nitrogens with zero attached hydrogens (tertiary/aromatic N) is 1. The van der Waals surface area contributed by atoms with E-state index in [9.17, 15) is 13.2 Å². The highest BCUT2D eigenvalue weighted by Crippen LogP contribution is 2.38. The molecule has 0 spiro atoms. The molecule has 118 valence electrons. The standard InChI is InChI=1S/C15H21F3N2S/c1-11(2)19-10-12-3-4-14(13(9-12)15(16,17)18)20-5-7-21-8-6-20/h3-4,9,11,19H,5-8,10H2,1-2H3. The average Bonchev–Trinajstić information content (AvgIpc) is 2.45. The van der Waals surface area contributed by atoms with Crippen molar-refractivity contribution >= 4 is 17.4 Å². The lowest BCUT2D eigenvalue weighted by Gasteiger charge is -2.31. The predicted octanol–water partition coefficient (Wildman–Crippen LogP) is 3.76. The molecular weight excluding hydrogens is 297 g/mol. The molecule has 1 aromatic carbocycles. The van der Waals surface area contributed by atoms with Gasteiger partial charge < -0.3 is 10.2 Å². The molecule has 0 radical (unpaired) electrons. The van der Waals surface area contributed by atoms with E-state index in [1.807, 2.05) is 18.7 Å². The van der Waals surface area contributed by atoms with Gasteiger partial charge in [-0.2, -0.15) is 24.9 Å². The second-order valence-electron chi connectivity index (χ2n) is 5.48. The van der Waals surface area contributed by atoms with Gasteiger partial charge in [0.1, 0.15) is 0 Å². The summed E-state index contributed by atoms with van der Waals surface area (Å²) in [5.74, 6) is 1.77. The van der Waals surface area contributed by atoms with E-state index in [4.69, 9.17) is 0 Å². The normalized spacial score (nSPS) is 16.6. The fraction of sp³-hybridized carbons (Fsp3) is 0.600. The van der Waals surface area contributed by atoms with Gasteiger partial charge in [-0.25, -0.2) is 0 Å². The molecule has 1 heterocycles. The van der Waals surface area contributed by atoms with Gasteiger partial charge in [0, 0.05) is 42.9 Å². The molecule has 1 saturated heterocycles. The van der Waals surface area contributed by atoms with Crippen LogP contribution in [0.15, 0.2) is 18.2 Å². The number of thioether (sulfide) groups is 1. The van der Waals surface area contributed by atoms with E-state index in [1.54, 1.807) is 23.9 Å². The lowest BCUT2D eigenvalue weighted by Crippen LogP contribution is -2.34. The molecule has 1 aliphatic rings. The lowest BCUT2D eigenvalue weighted by molar-refractivity contribution is -0.137. The van der Waals surface area contributed by atoms with Crippen LogP contribution >= 0.6 is 11.8 Å². The third kappa shape index (κ3) is 4.54. The van der Waals surface area contributed by atoms with Crippen molar-refractivity contribution in [2.24, 2.45) is 0 Å². The molecule has 0 bridgehead atoms. The number of rotatable bonds is 4. The molecule has 0 amide bonds. The van der Waals surface area contributed by atoms with Gasteiger partial charge in [-0.05, 0) is 17.7 Å². The fourth-order valence-electron chi connectivity index (χ4n) is 2.32. The summed E-state index contributed by atoms with van der Waals surface area (Å²) in [4.78, 5) is 1.85. The minimum Gasteiger partial charge on any atom is -0.369 e. The van der Waals surface area contributed by atoms with E-state index in [1.165, 1.54) is 6.07 Å². The van der Waals surface area contributed by atoms with Crippen LogP contribution in [-0.2, 0) is 12.7 Å². The highest BCUT2D eigenvalue weighted by Gasteiger charge is 2.35. The molecule has 21 heavy (non-hydrogen) atoms. The third-order valence-electron chi connectivity index (χ3n) is 3.43. The summed E-state index contributed by atoms with van der Waals surface area (Å²) in [6.45, 7) is 5.76. The van der Waals surface area contributed by atoms with Crippen molar-refractivity contribution < 1.29 is 13.2 Å². The minimum atomic E-state index is -4.31. The molecule has 1 fully saturated rings. The van der Waals surface area contributed by atoms with Gasteiger partial charge in [-0.3, -0.25) is 0 Å². The van der Waals surface area contributed by atoms with E-state index < -0.39 is 11.7 Å². The maximum Gasteiger partial charge on any atom is 0.418 e. The summed E-state index contributed by atoms with van der Waals surface area (Å²) >= 11 is 1.79. The van der Waals surface area contributed by atoms with Gasteiger partial charge in [0.25, 0.3) is 0 Å². The smallest absolute Gasteiger partial charge is 0.369 e. The topological polar surface area (TPSA) is 15.3 Å². The first kappa shape index (κ1) is 16.5. The number of benzene rings is 1. The lowest BCUT2D eigenvalue weighted by atomic mass is 10.1. The minimum absolute atomic E-state index is 0.248. The third-order valence-corrected chi connectivity index (χ3v) is 4.38. The van der Waals surface area contributed by atoms with Crippen molar-refractivity contribution in [3.05, 3.63) is 29.3 Å². The highest BCUT2D eigenvalue weighted by atomic mass is 32.2. The molecule has 0 unspecified atom stereocenters. The van der Waals surface area contributed by atoms with Crippen LogP contribution in [0.1, 0.15) is 25.0 Å². The van der Waals surface area contributed by atoms with Gasteiger partial charge in [0.15, 0.2) is 0 Å². The molecule has 1 aromatic rings. The SMILES string of the molecule is CC(C)NCc1ccc(N2CCSCC2)c(C(F)(F)F)c1. The molecule has 0 atom stereocenters. The van der Waals surface area contributed by atoms with Gasteiger partial charge >= 0.3 is 6.18 Å². The van der Waals surface area contributed by atoms with Crippen LogP contribution in [0, 0.1) is 0 Å². The Labute approximate surface area is 128 Å². The summed E-state index contributed by atoms with van der Waals surface area (Å²) in [5, 5.41) is 3.16. The van der Waals surface area contributed by atoms with Crippen molar-refractivity contribution in [2.45, 2.75) is 32.6 Å². The molecule has 0 aliphatic carbocycles. The van der Waals surface area contributed by atoms with Crippen LogP contribution in [0.3, 0.4) is 0 Å². The molecule has 2 nitrogen and oxygen atoms in total. The number of anilines is 1. The number of nitrogens with one attached hydrogen (secondary N) is 1. The Bertz CT molecular complexity index is 468. The maximum atomic E-state index is 13.3. The number of halogens is 3. The largest absolute Gasteiger partial charge is 0.418 e. The number of alkyl halides is 3. The van der Waals surface area contributed by atoms with Crippen LogP contribution in [0.2, 0.25) is 0 Å². The molecule has 1 N–H and O–H groups in total. The molecule has 1 aliphatic heterocycles. The summed E-state index contributed by atoms with van der Waals surface area (Å²) < 4.78 is 40.0. The Balaban J connectivity index is 2.27. The van der Waals surface area contributed by atoms with Gasteiger partial charge in [-0.1, -0.05) is 19.9 Å². The van der Waals surface area contributed by atoms with Crippen molar-refractivity contribution in [3.63, 3.8) is 0 Å². The van der Waals surface area contributed by atoms with Crippen LogP contribution in [0.5, 0.6) is 0 Å². The van der Waals surface area contributed by atoms with Crippen molar-refractivity contribution in [3.8, 4) is 0 Å². The fourth-order valence-corrected chi connectivity index (χ4v) is 3.23. The van der Waals surface area contributed by atoms with Crippen molar-refractivity contribution in [1.82, 2.24) is 5.32 Å². The van der Waals surface area contributed by atoms with Gasteiger partial charge in [-0.15, -0.1) is 0 Å². The van der Waals surface area contributed by atoms with E-state index in [2.05, 4.69) is 5.32 Å². The summed E-state index contributed by atoms with van der Waals surface area (Å²) in [6.07, 6.45) is -4.31. The second-order valence-corrected chi connectivity index (χ2v) is 6.71. The first-order valence-corrected chi connectivity index (χ1v) is 8.29. The Morgan fingerprint density at radius 1 is 1.24 bits per heavy atom. The zero-order valence-corrected chi connectivity index (χ0v) is 13.2. The molecule has 2 rings (SSSR count). The Morgan fingerprint density at radius 2 is 1.90 bits per heavy atom. The summed E-state index contributed by atoms with van der Waals surface area (Å²) in [6, 6.07) is 4.95. The van der Waals surface area contributed by atoms with Crippen molar-refractivity contribution in [2.75, 3.05) is 29.5 Å². The zero-order valence-electron chi connectivity index (χ0n) is 12.3. The van der Waals surface area contributed by atoms with E-state index in [0.29, 0.717) is 30.9 Å². The zero-order chi connectivity index (χ0) is 15.5. The Morgan fingerprint density at radius 3 is 2.48 bits per heavy atom. The quantitative estimate of drug-likeness (QED) is 0.910. The molecule has 0 aromatic heterocycles. The van der Waals surface area contributed by atoms with Crippen LogP contribution in [0.4, 0.5) is 18.9 Å².